The fraction of sp³-hybridized carbons (Fsp3) is 0.368. The lowest BCUT2D eigenvalue weighted by Crippen LogP contribution is -2.48. The predicted octanol–water partition coefficient (Wildman–Crippen LogP) is 0.834. The van der Waals surface area contributed by atoms with Crippen LogP contribution in [0.2, 0.25) is 0 Å². The Bertz CT molecular complexity index is 885. The highest BCUT2D eigenvalue weighted by Crippen LogP contribution is 2.17. The summed E-state index contributed by atoms with van der Waals surface area (Å²) in [5, 5.41) is 5.54. The second-order valence-corrected chi connectivity index (χ2v) is 6.93. The molecule has 0 spiro atoms. The highest BCUT2D eigenvalue weighted by Gasteiger charge is 2.22. The average Bonchev–Trinajstić information content (AvgIpc) is 3.40. The van der Waals surface area contributed by atoms with Gasteiger partial charge in [-0.05, 0) is 31.0 Å². The maximum absolute atomic E-state index is 12.5. The van der Waals surface area contributed by atoms with E-state index in [-0.39, 0.29) is 24.3 Å². The van der Waals surface area contributed by atoms with E-state index < -0.39 is 0 Å². The van der Waals surface area contributed by atoms with Gasteiger partial charge in [0.2, 0.25) is 5.91 Å². The summed E-state index contributed by atoms with van der Waals surface area (Å²) in [6.45, 7) is 3.08. The van der Waals surface area contributed by atoms with Gasteiger partial charge in [-0.25, -0.2) is 4.98 Å². The Hall–Kier alpha value is -3.36. The van der Waals surface area contributed by atoms with E-state index in [0.29, 0.717) is 35.9 Å². The van der Waals surface area contributed by atoms with Crippen molar-refractivity contribution >= 4 is 29.2 Å². The van der Waals surface area contributed by atoms with Crippen LogP contribution in [0, 0.1) is 0 Å². The van der Waals surface area contributed by atoms with Gasteiger partial charge in [-0.3, -0.25) is 14.4 Å². The van der Waals surface area contributed by atoms with Crippen molar-refractivity contribution < 1.29 is 14.4 Å². The minimum absolute atomic E-state index is 0.0304. The number of aromatic nitrogens is 2. The Kier molecular flexibility index (Phi) is 4.96. The van der Waals surface area contributed by atoms with Crippen LogP contribution in [0.3, 0.4) is 0 Å². The third-order valence-electron chi connectivity index (χ3n) is 4.94. The van der Waals surface area contributed by atoms with Gasteiger partial charge in [0.1, 0.15) is 11.5 Å². The molecule has 0 atom stereocenters. The second kappa shape index (κ2) is 7.71. The number of carbonyl (C=O) groups is 3. The molecule has 9 heteroatoms. The molecule has 146 valence electrons. The van der Waals surface area contributed by atoms with Crippen LogP contribution in [0.5, 0.6) is 0 Å². The molecule has 0 unspecified atom stereocenters. The lowest BCUT2D eigenvalue weighted by atomic mass is 10.2. The summed E-state index contributed by atoms with van der Waals surface area (Å²) in [6, 6.07) is 5.09. The Morgan fingerprint density at radius 1 is 1.14 bits per heavy atom. The van der Waals surface area contributed by atoms with Gasteiger partial charge in [0.05, 0.1) is 24.0 Å². The third kappa shape index (κ3) is 3.83. The number of nitrogens with zero attached hydrogens (tertiary/aromatic N) is 3. The first kappa shape index (κ1) is 18.0. The van der Waals surface area contributed by atoms with Gasteiger partial charge in [0.15, 0.2) is 0 Å². The van der Waals surface area contributed by atoms with Crippen LogP contribution in [0.1, 0.15) is 33.7 Å². The number of anilines is 2. The molecule has 2 fully saturated rings. The maximum Gasteiger partial charge on any atom is 0.270 e. The number of likely N-dealkylation sites (tertiary alicyclic amines) is 1. The summed E-state index contributed by atoms with van der Waals surface area (Å²) in [5.74, 6) is 0.266. The molecule has 0 aromatic carbocycles. The van der Waals surface area contributed by atoms with Crippen LogP contribution >= 0.6 is 0 Å². The fourth-order valence-corrected chi connectivity index (χ4v) is 3.42. The number of aromatic amines is 1. The van der Waals surface area contributed by atoms with Crippen LogP contribution in [0.15, 0.2) is 30.6 Å². The molecular formula is C19H22N6O3. The van der Waals surface area contributed by atoms with Crippen molar-refractivity contribution in [3.05, 3.63) is 41.9 Å². The number of carbonyl (C=O) groups excluding carboxylic acids is 3. The van der Waals surface area contributed by atoms with Crippen LogP contribution < -0.4 is 15.5 Å². The van der Waals surface area contributed by atoms with Gasteiger partial charge in [0, 0.05) is 32.4 Å². The lowest BCUT2D eigenvalue weighted by Gasteiger charge is -2.27. The lowest BCUT2D eigenvalue weighted by molar-refractivity contribution is -0.120. The summed E-state index contributed by atoms with van der Waals surface area (Å²) in [4.78, 5) is 47.2. The molecule has 4 rings (SSSR count). The first-order valence-corrected chi connectivity index (χ1v) is 9.37. The Morgan fingerprint density at radius 3 is 2.68 bits per heavy atom. The normalized spacial score (nSPS) is 16.8. The molecule has 9 nitrogen and oxygen atoms in total. The first-order chi connectivity index (χ1) is 13.6. The van der Waals surface area contributed by atoms with Crippen molar-refractivity contribution in [2.45, 2.75) is 12.8 Å². The second-order valence-electron chi connectivity index (χ2n) is 6.93. The molecule has 2 aromatic rings. The Labute approximate surface area is 162 Å². The molecule has 2 aromatic heterocycles. The zero-order valence-electron chi connectivity index (χ0n) is 15.4. The fourth-order valence-electron chi connectivity index (χ4n) is 3.42. The van der Waals surface area contributed by atoms with Crippen molar-refractivity contribution in [3.8, 4) is 0 Å². The minimum Gasteiger partial charge on any atom is -0.356 e. The number of hydrogen-bond acceptors (Lipinski definition) is 5. The quantitative estimate of drug-likeness (QED) is 0.726. The molecule has 28 heavy (non-hydrogen) atoms. The van der Waals surface area contributed by atoms with Crippen LogP contribution in [-0.2, 0) is 4.79 Å². The first-order valence-electron chi connectivity index (χ1n) is 9.37. The van der Waals surface area contributed by atoms with Crippen molar-refractivity contribution in [2.75, 3.05) is 42.9 Å². The zero-order chi connectivity index (χ0) is 19.5. The molecular weight excluding hydrogens is 360 g/mol. The molecule has 0 aliphatic carbocycles. The molecule has 3 N–H and O–H groups in total. The summed E-state index contributed by atoms with van der Waals surface area (Å²) < 4.78 is 0. The number of amides is 3. The minimum atomic E-state index is -0.316. The summed E-state index contributed by atoms with van der Waals surface area (Å²) in [7, 11) is 0. The average molecular weight is 382 g/mol. The number of H-pyrrole nitrogens is 1. The van der Waals surface area contributed by atoms with Gasteiger partial charge in [-0.15, -0.1) is 0 Å². The zero-order valence-corrected chi connectivity index (χ0v) is 15.4. The SMILES string of the molecule is O=C1CN(c2ccc(NC(=O)c3c[nH]c(C(=O)N4CCCC4)c3)cn2)CCN1. The molecule has 0 saturated carbocycles. The molecule has 0 bridgehead atoms. The number of pyridine rings is 1. The number of rotatable bonds is 4. The van der Waals surface area contributed by atoms with Crippen molar-refractivity contribution in [1.82, 2.24) is 20.2 Å². The highest BCUT2D eigenvalue weighted by molar-refractivity contribution is 6.06. The number of nitrogens with one attached hydrogen (secondary N) is 3. The Balaban J connectivity index is 1.38. The molecule has 0 radical (unpaired) electrons. The van der Waals surface area contributed by atoms with Gasteiger partial charge in [-0.2, -0.15) is 0 Å². The van der Waals surface area contributed by atoms with E-state index in [4.69, 9.17) is 0 Å². The topological polar surface area (TPSA) is 110 Å². The van der Waals surface area contributed by atoms with E-state index in [0.717, 1.165) is 25.9 Å². The standard InChI is InChI=1S/C19H22N6O3/c26-17-12-25(8-5-20-17)16-4-3-14(11-22-16)23-18(27)13-9-15(21-10-13)19(28)24-6-1-2-7-24/h3-4,9-11,21H,1-2,5-8,12H2,(H,20,26)(H,23,27). The Morgan fingerprint density at radius 2 is 1.96 bits per heavy atom. The van der Waals surface area contributed by atoms with Gasteiger partial charge in [-0.1, -0.05) is 0 Å². The van der Waals surface area contributed by atoms with Crippen LogP contribution in [0.25, 0.3) is 0 Å². The molecule has 4 heterocycles. The smallest absolute Gasteiger partial charge is 0.270 e. The van der Waals surface area contributed by atoms with E-state index in [1.54, 1.807) is 29.3 Å². The molecule has 2 aliphatic rings. The van der Waals surface area contributed by atoms with E-state index in [1.165, 1.54) is 6.20 Å². The third-order valence-corrected chi connectivity index (χ3v) is 4.94. The van der Waals surface area contributed by atoms with E-state index in [1.807, 2.05) is 4.90 Å². The molecule has 2 aliphatic heterocycles. The number of piperazine rings is 1. The monoisotopic (exact) mass is 382 g/mol. The highest BCUT2D eigenvalue weighted by atomic mass is 16.2. The van der Waals surface area contributed by atoms with Gasteiger partial charge in [0.25, 0.3) is 11.8 Å². The summed E-state index contributed by atoms with van der Waals surface area (Å²) in [6.07, 6.45) is 5.13. The van der Waals surface area contributed by atoms with E-state index >= 15 is 0 Å². The van der Waals surface area contributed by atoms with Crippen LogP contribution in [0.4, 0.5) is 11.5 Å². The summed E-state index contributed by atoms with van der Waals surface area (Å²) >= 11 is 0. The van der Waals surface area contributed by atoms with Gasteiger partial charge >= 0.3 is 0 Å². The number of hydrogen-bond donors (Lipinski definition) is 3. The summed E-state index contributed by atoms with van der Waals surface area (Å²) in [5.41, 5.74) is 1.35. The van der Waals surface area contributed by atoms with Gasteiger partial charge < -0.3 is 25.4 Å². The van der Waals surface area contributed by atoms with E-state index in [2.05, 4.69) is 20.6 Å². The molecule has 2 saturated heterocycles. The molecule has 3 amide bonds. The van der Waals surface area contributed by atoms with E-state index in [9.17, 15) is 14.4 Å². The van der Waals surface area contributed by atoms with Crippen molar-refractivity contribution in [1.29, 1.82) is 0 Å². The maximum atomic E-state index is 12.5. The largest absolute Gasteiger partial charge is 0.356 e. The van der Waals surface area contributed by atoms with Crippen molar-refractivity contribution in [3.63, 3.8) is 0 Å². The van der Waals surface area contributed by atoms with Crippen molar-refractivity contribution in [2.24, 2.45) is 0 Å². The van der Waals surface area contributed by atoms with Crippen LogP contribution in [-0.4, -0.2) is 65.3 Å². The predicted molar refractivity (Wildman–Crippen MR) is 103 cm³/mol.